The molecule has 0 aliphatic carbocycles. The van der Waals surface area contributed by atoms with Gasteiger partial charge in [0.05, 0.1) is 12.0 Å². The minimum absolute atomic E-state index is 0.0428. The first kappa shape index (κ1) is 35.3. The first-order valence-electron chi connectivity index (χ1n) is 12.0. The summed E-state index contributed by atoms with van der Waals surface area (Å²) in [5.74, 6) is -7.26. The maximum atomic E-state index is 15.1. The minimum Gasteiger partial charge on any atom is -0.300 e. The number of Topliss-reactive ketones (excluding diaryl/α,β-unsaturated/α-hetero) is 2. The van der Waals surface area contributed by atoms with Gasteiger partial charge in [-0.25, -0.2) is 4.39 Å². The molecule has 2 rings (SSSR count). The Hall–Kier alpha value is -2.86. The standard InChI is InChI=1S/C28H22Cl2F10O2/c1-3-18-22(29)11-16(12-23(18)30)20(27(35,36)37)13-24(31)15-4-5-19(21(10-15)28(38,39)40)25(42)9-14(2)8-17(41)6-7-26(32,33)34/h3-5,10-14,20H,1,6-9H2,2H3/b24-13-/t14-,20?/m1/s1. The quantitative estimate of drug-likeness (QED) is 0.179. The van der Waals surface area contributed by atoms with Gasteiger partial charge in [-0.15, -0.1) is 0 Å². The van der Waals surface area contributed by atoms with Crippen LogP contribution in [0.1, 0.15) is 71.1 Å². The summed E-state index contributed by atoms with van der Waals surface area (Å²) in [7, 11) is 0. The van der Waals surface area contributed by atoms with Crippen molar-refractivity contribution in [2.45, 2.75) is 57.1 Å². The molecule has 2 atom stereocenters. The molecule has 0 heterocycles. The second kappa shape index (κ2) is 13.6. The van der Waals surface area contributed by atoms with E-state index in [-0.39, 0.29) is 27.8 Å². The van der Waals surface area contributed by atoms with Gasteiger partial charge in [-0.2, -0.15) is 39.5 Å². The van der Waals surface area contributed by atoms with Gasteiger partial charge in [-0.3, -0.25) is 9.59 Å². The molecule has 2 nitrogen and oxygen atoms in total. The maximum absolute atomic E-state index is 15.1. The maximum Gasteiger partial charge on any atom is 0.417 e. The van der Waals surface area contributed by atoms with E-state index >= 15 is 4.39 Å². The summed E-state index contributed by atoms with van der Waals surface area (Å²) in [6.45, 7) is 4.71. The normalized spacial score (nSPS) is 14.5. The highest BCUT2D eigenvalue weighted by Gasteiger charge is 2.41. The largest absolute Gasteiger partial charge is 0.417 e. The molecule has 0 saturated heterocycles. The average Bonchev–Trinajstić information content (AvgIpc) is 2.83. The zero-order valence-electron chi connectivity index (χ0n) is 21.6. The van der Waals surface area contributed by atoms with Crippen molar-refractivity contribution < 1.29 is 53.5 Å². The average molecular weight is 651 g/mol. The Kier molecular flexibility index (Phi) is 11.5. The second-order valence-corrected chi connectivity index (χ2v) is 10.3. The van der Waals surface area contributed by atoms with E-state index in [2.05, 4.69) is 6.58 Å². The number of rotatable bonds is 11. The number of carbonyl (C=O) groups excluding carboxylic acids is 2. The van der Waals surface area contributed by atoms with Crippen LogP contribution in [-0.2, 0) is 11.0 Å². The third-order valence-corrected chi connectivity index (χ3v) is 6.65. The van der Waals surface area contributed by atoms with E-state index in [9.17, 15) is 49.1 Å². The lowest BCUT2D eigenvalue weighted by molar-refractivity contribution is -0.143. The molecular formula is C28H22Cl2F10O2. The van der Waals surface area contributed by atoms with Crippen LogP contribution < -0.4 is 0 Å². The zero-order chi connectivity index (χ0) is 32.2. The predicted molar refractivity (Wildman–Crippen MR) is 139 cm³/mol. The molecule has 0 aromatic heterocycles. The van der Waals surface area contributed by atoms with Crippen LogP contribution in [0.4, 0.5) is 43.9 Å². The van der Waals surface area contributed by atoms with Crippen molar-refractivity contribution in [3.63, 3.8) is 0 Å². The van der Waals surface area contributed by atoms with Gasteiger partial charge in [0.1, 0.15) is 17.5 Å². The van der Waals surface area contributed by atoms with Crippen molar-refractivity contribution in [1.29, 1.82) is 0 Å². The van der Waals surface area contributed by atoms with Crippen molar-refractivity contribution in [3.05, 3.63) is 80.8 Å². The van der Waals surface area contributed by atoms with Gasteiger partial charge < -0.3 is 0 Å². The fourth-order valence-electron chi connectivity index (χ4n) is 4.04. The van der Waals surface area contributed by atoms with Crippen LogP contribution in [0.2, 0.25) is 10.0 Å². The van der Waals surface area contributed by atoms with Crippen LogP contribution in [-0.4, -0.2) is 23.9 Å². The van der Waals surface area contributed by atoms with E-state index in [1.807, 2.05) is 0 Å². The Morgan fingerprint density at radius 2 is 1.50 bits per heavy atom. The molecule has 0 radical (unpaired) electrons. The van der Waals surface area contributed by atoms with Crippen LogP contribution in [0, 0.1) is 5.92 Å². The summed E-state index contributed by atoms with van der Waals surface area (Å²) >= 11 is 11.9. The van der Waals surface area contributed by atoms with Crippen molar-refractivity contribution in [2.24, 2.45) is 5.92 Å². The molecule has 0 aliphatic heterocycles. The molecular weight excluding hydrogens is 629 g/mol. The summed E-state index contributed by atoms with van der Waals surface area (Å²) in [5, 5.41) is -0.455. The van der Waals surface area contributed by atoms with Crippen LogP contribution in [0.25, 0.3) is 11.9 Å². The topological polar surface area (TPSA) is 34.1 Å². The number of ketones is 2. The highest BCUT2D eigenvalue weighted by atomic mass is 35.5. The van der Waals surface area contributed by atoms with Crippen molar-refractivity contribution in [2.75, 3.05) is 0 Å². The van der Waals surface area contributed by atoms with Gasteiger partial charge in [0.15, 0.2) is 5.78 Å². The fraction of sp³-hybridized carbons (Fsp3) is 0.357. The summed E-state index contributed by atoms with van der Waals surface area (Å²) in [6, 6.07) is 3.17. The Morgan fingerprint density at radius 1 is 0.929 bits per heavy atom. The summed E-state index contributed by atoms with van der Waals surface area (Å²) in [5.41, 5.74) is -3.99. The number of alkyl halides is 9. The van der Waals surface area contributed by atoms with Crippen molar-refractivity contribution >= 4 is 46.7 Å². The third kappa shape index (κ3) is 9.86. The first-order chi connectivity index (χ1) is 19.1. The fourth-order valence-corrected chi connectivity index (χ4v) is 4.70. The Balaban J connectivity index is 2.41. The molecule has 0 fully saturated rings. The molecule has 42 heavy (non-hydrogen) atoms. The molecule has 0 bridgehead atoms. The van der Waals surface area contributed by atoms with Gasteiger partial charge in [-0.1, -0.05) is 54.9 Å². The molecule has 230 valence electrons. The van der Waals surface area contributed by atoms with Gasteiger partial charge in [-0.05, 0) is 35.8 Å². The number of hydrogen-bond acceptors (Lipinski definition) is 2. The lowest BCUT2D eigenvalue weighted by Crippen LogP contribution is -2.19. The third-order valence-electron chi connectivity index (χ3n) is 6.03. The Morgan fingerprint density at radius 3 is 1.98 bits per heavy atom. The monoisotopic (exact) mass is 650 g/mol. The van der Waals surface area contributed by atoms with Gasteiger partial charge in [0.2, 0.25) is 0 Å². The van der Waals surface area contributed by atoms with E-state index in [0.29, 0.717) is 12.1 Å². The molecule has 0 saturated carbocycles. The molecule has 0 spiro atoms. The summed E-state index contributed by atoms with van der Waals surface area (Å²) < 4.78 is 135. The number of carbonyl (C=O) groups is 2. The molecule has 14 heteroatoms. The number of benzene rings is 2. The van der Waals surface area contributed by atoms with E-state index in [1.54, 1.807) is 0 Å². The molecule has 0 aliphatic rings. The number of hydrogen-bond donors (Lipinski definition) is 0. The molecule has 0 N–H and O–H groups in total. The van der Waals surface area contributed by atoms with Gasteiger partial charge in [0.25, 0.3) is 0 Å². The van der Waals surface area contributed by atoms with Gasteiger partial charge >= 0.3 is 18.5 Å². The summed E-state index contributed by atoms with van der Waals surface area (Å²) in [6.07, 6.45) is -17.1. The SMILES string of the molecule is C=Cc1c(Cl)cc(C(/C=C(\F)c2ccc(C(=O)C[C@H](C)CC(=O)CCC(F)(F)F)c(C(F)(F)F)c2)C(F)(F)F)cc1Cl. The lowest BCUT2D eigenvalue weighted by Gasteiger charge is -2.20. The Labute approximate surface area is 244 Å². The highest BCUT2D eigenvalue weighted by molar-refractivity contribution is 6.37. The van der Waals surface area contributed by atoms with Crippen LogP contribution in [0.15, 0.2) is 43.0 Å². The van der Waals surface area contributed by atoms with E-state index in [1.165, 1.54) is 13.0 Å². The zero-order valence-corrected chi connectivity index (χ0v) is 23.1. The number of halogens is 12. The minimum atomic E-state index is -5.24. The highest BCUT2D eigenvalue weighted by Crippen LogP contribution is 2.42. The van der Waals surface area contributed by atoms with Crippen LogP contribution in [0.3, 0.4) is 0 Å². The molecule has 1 unspecified atom stereocenters. The van der Waals surface area contributed by atoms with Crippen LogP contribution in [0.5, 0.6) is 0 Å². The van der Waals surface area contributed by atoms with E-state index in [0.717, 1.165) is 12.1 Å². The summed E-state index contributed by atoms with van der Waals surface area (Å²) in [4.78, 5) is 24.4. The van der Waals surface area contributed by atoms with Crippen molar-refractivity contribution in [3.8, 4) is 0 Å². The lowest BCUT2D eigenvalue weighted by atomic mass is 9.90. The van der Waals surface area contributed by atoms with Crippen LogP contribution >= 0.6 is 23.2 Å². The first-order valence-corrected chi connectivity index (χ1v) is 12.8. The number of allylic oxidation sites excluding steroid dienone is 1. The van der Waals surface area contributed by atoms with E-state index in [4.69, 9.17) is 23.2 Å². The molecule has 2 aromatic rings. The van der Waals surface area contributed by atoms with Gasteiger partial charge in [0, 0.05) is 46.0 Å². The predicted octanol–water partition coefficient (Wildman–Crippen LogP) is 10.8. The Bertz CT molecular complexity index is 1330. The van der Waals surface area contributed by atoms with E-state index < -0.39 is 95.7 Å². The molecule has 0 amide bonds. The second-order valence-electron chi connectivity index (χ2n) is 9.48. The molecule has 2 aromatic carbocycles. The smallest absolute Gasteiger partial charge is 0.300 e. The van der Waals surface area contributed by atoms with Crippen molar-refractivity contribution in [1.82, 2.24) is 0 Å².